The van der Waals surface area contributed by atoms with Crippen LogP contribution in [-0.2, 0) is 23.9 Å². The number of carbonyl (C=O) groups excluding carboxylic acids is 4. The normalized spacial score (nSPS) is 13.5. The van der Waals surface area contributed by atoms with Gasteiger partial charge in [-0.1, -0.05) is 13.8 Å². The number of amides is 2. The summed E-state index contributed by atoms with van der Waals surface area (Å²) in [6.45, 7) is 7.38. The van der Waals surface area contributed by atoms with Crippen molar-refractivity contribution in [3.05, 3.63) is 0 Å². The maximum atomic E-state index is 12.7. The molecular formula is C17H29FN2O6. The van der Waals surface area contributed by atoms with Gasteiger partial charge in [-0.25, -0.2) is 9.18 Å². The number of methoxy groups -OCH3 is 1. The highest BCUT2D eigenvalue weighted by Crippen LogP contribution is 2.10. The molecule has 0 radical (unpaired) electrons. The lowest BCUT2D eigenvalue weighted by molar-refractivity contribution is -0.143. The molecule has 0 spiro atoms. The summed E-state index contributed by atoms with van der Waals surface area (Å²) < 4.78 is 22.3. The molecule has 2 amide bonds. The van der Waals surface area contributed by atoms with Crippen LogP contribution in [0.1, 0.15) is 47.5 Å². The van der Waals surface area contributed by atoms with Crippen molar-refractivity contribution in [2.45, 2.75) is 65.1 Å². The summed E-state index contributed by atoms with van der Waals surface area (Å²) >= 11 is 0. The first-order valence-corrected chi connectivity index (χ1v) is 8.35. The number of alkyl halides is 1. The molecular weight excluding hydrogens is 347 g/mol. The van der Waals surface area contributed by atoms with Gasteiger partial charge in [0.25, 0.3) is 0 Å². The molecule has 0 heterocycles. The highest BCUT2D eigenvalue weighted by atomic mass is 19.1. The van der Waals surface area contributed by atoms with Crippen molar-refractivity contribution in [3.63, 3.8) is 0 Å². The van der Waals surface area contributed by atoms with E-state index in [1.54, 1.807) is 20.8 Å². The van der Waals surface area contributed by atoms with Crippen molar-refractivity contribution in [3.8, 4) is 0 Å². The van der Waals surface area contributed by atoms with Gasteiger partial charge in [-0.05, 0) is 33.1 Å². The molecule has 2 unspecified atom stereocenters. The Morgan fingerprint density at radius 1 is 1.04 bits per heavy atom. The smallest absolute Gasteiger partial charge is 0.408 e. The fraction of sp³-hybridized carbons (Fsp3) is 0.765. The van der Waals surface area contributed by atoms with E-state index >= 15 is 0 Å². The lowest BCUT2D eigenvalue weighted by Gasteiger charge is -2.25. The van der Waals surface area contributed by atoms with Gasteiger partial charge in [0.15, 0.2) is 5.78 Å². The third-order valence-corrected chi connectivity index (χ3v) is 3.15. The van der Waals surface area contributed by atoms with Crippen LogP contribution in [-0.4, -0.2) is 55.2 Å². The van der Waals surface area contributed by atoms with Crippen LogP contribution >= 0.6 is 0 Å². The van der Waals surface area contributed by atoms with Crippen LogP contribution in [0, 0.1) is 5.92 Å². The van der Waals surface area contributed by atoms with Crippen LogP contribution in [0.2, 0.25) is 0 Å². The molecule has 0 aliphatic heterocycles. The van der Waals surface area contributed by atoms with Gasteiger partial charge in [0.2, 0.25) is 5.91 Å². The summed E-state index contributed by atoms with van der Waals surface area (Å²) in [4.78, 5) is 47.4. The van der Waals surface area contributed by atoms with Crippen molar-refractivity contribution in [1.82, 2.24) is 10.6 Å². The molecule has 2 N–H and O–H groups in total. The van der Waals surface area contributed by atoms with Crippen LogP contribution in [0.5, 0.6) is 0 Å². The van der Waals surface area contributed by atoms with E-state index in [4.69, 9.17) is 4.74 Å². The number of hydrogen-bond acceptors (Lipinski definition) is 6. The van der Waals surface area contributed by atoms with Gasteiger partial charge in [-0.15, -0.1) is 0 Å². The number of alkyl carbamates (subject to hydrolysis) is 1. The van der Waals surface area contributed by atoms with Crippen molar-refractivity contribution in [1.29, 1.82) is 0 Å². The molecule has 0 aromatic heterocycles. The highest BCUT2D eigenvalue weighted by molar-refractivity contribution is 5.94. The molecule has 0 aliphatic rings. The highest BCUT2D eigenvalue weighted by Gasteiger charge is 2.30. The zero-order chi connectivity index (χ0) is 20.5. The van der Waals surface area contributed by atoms with Gasteiger partial charge in [-0.3, -0.25) is 14.4 Å². The van der Waals surface area contributed by atoms with Crippen LogP contribution in [0.3, 0.4) is 0 Å². The van der Waals surface area contributed by atoms with E-state index in [-0.39, 0.29) is 12.3 Å². The van der Waals surface area contributed by atoms with Gasteiger partial charge in [0.05, 0.1) is 13.5 Å². The van der Waals surface area contributed by atoms with E-state index in [9.17, 15) is 23.6 Å². The summed E-state index contributed by atoms with van der Waals surface area (Å²) in [5.41, 5.74) is -0.749. The number of nitrogens with one attached hydrogen (secondary N) is 2. The Balaban J connectivity index is 5.15. The standard InChI is InChI=1S/C17H29FN2O6/c1-10(2)7-12(20-16(24)26-17(3,4)5)15(23)19-11(13(21)9-18)8-14(22)25-6/h10-12H,7-9H2,1-6H3,(H,19,23)(H,20,24). The molecule has 0 aromatic carbocycles. The van der Waals surface area contributed by atoms with Gasteiger partial charge >= 0.3 is 12.1 Å². The number of carbonyl (C=O) groups is 4. The van der Waals surface area contributed by atoms with E-state index < -0.39 is 54.5 Å². The molecule has 0 saturated heterocycles. The Morgan fingerprint density at radius 3 is 2.04 bits per heavy atom. The lowest BCUT2D eigenvalue weighted by Crippen LogP contribution is -2.53. The Morgan fingerprint density at radius 2 is 1.62 bits per heavy atom. The molecule has 0 aliphatic carbocycles. The number of ketones is 1. The maximum Gasteiger partial charge on any atom is 0.408 e. The summed E-state index contributed by atoms with van der Waals surface area (Å²) in [7, 11) is 1.12. The van der Waals surface area contributed by atoms with Crippen LogP contribution < -0.4 is 10.6 Å². The van der Waals surface area contributed by atoms with E-state index in [2.05, 4.69) is 15.4 Å². The average molecular weight is 376 g/mol. The van der Waals surface area contributed by atoms with Gasteiger partial charge in [0.1, 0.15) is 24.4 Å². The Labute approximate surface area is 153 Å². The van der Waals surface area contributed by atoms with Crippen molar-refractivity contribution < 1.29 is 33.0 Å². The number of Topliss-reactive ketones (excluding diaryl/α,β-unsaturated/α-hetero) is 1. The number of rotatable bonds is 9. The van der Waals surface area contributed by atoms with Gasteiger partial charge in [0, 0.05) is 0 Å². The van der Waals surface area contributed by atoms with E-state index in [0.29, 0.717) is 0 Å². The molecule has 26 heavy (non-hydrogen) atoms. The van der Waals surface area contributed by atoms with Crippen molar-refractivity contribution in [2.24, 2.45) is 5.92 Å². The number of esters is 1. The zero-order valence-corrected chi connectivity index (χ0v) is 16.2. The number of ether oxygens (including phenoxy) is 2. The first-order valence-electron chi connectivity index (χ1n) is 8.35. The van der Waals surface area contributed by atoms with Crippen LogP contribution in [0.15, 0.2) is 0 Å². The molecule has 0 aromatic rings. The third-order valence-electron chi connectivity index (χ3n) is 3.15. The summed E-state index contributed by atoms with van der Waals surface area (Å²) in [5, 5.41) is 4.75. The van der Waals surface area contributed by atoms with Gasteiger partial charge in [-0.2, -0.15) is 0 Å². The second kappa shape index (κ2) is 10.7. The minimum Gasteiger partial charge on any atom is -0.469 e. The first kappa shape index (κ1) is 23.8. The molecule has 8 nitrogen and oxygen atoms in total. The third kappa shape index (κ3) is 9.95. The Kier molecular flexibility index (Phi) is 9.82. The van der Waals surface area contributed by atoms with Crippen LogP contribution in [0.4, 0.5) is 9.18 Å². The van der Waals surface area contributed by atoms with E-state index in [0.717, 1.165) is 7.11 Å². The van der Waals surface area contributed by atoms with E-state index in [1.165, 1.54) is 0 Å². The van der Waals surface area contributed by atoms with Crippen molar-refractivity contribution >= 4 is 23.8 Å². The second-order valence-electron chi connectivity index (χ2n) is 7.27. The molecule has 0 fully saturated rings. The predicted octanol–water partition coefficient (Wildman–Crippen LogP) is 1.51. The lowest BCUT2D eigenvalue weighted by atomic mass is 10.0. The van der Waals surface area contributed by atoms with E-state index in [1.807, 2.05) is 13.8 Å². The topological polar surface area (TPSA) is 111 Å². The molecule has 2 atom stereocenters. The largest absolute Gasteiger partial charge is 0.469 e. The second-order valence-corrected chi connectivity index (χ2v) is 7.27. The minimum atomic E-state index is -1.37. The fourth-order valence-corrected chi connectivity index (χ4v) is 2.01. The molecule has 9 heteroatoms. The molecule has 0 rings (SSSR count). The molecule has 0 saturated carbocycles. The predicted molar refractivity (Wildman–Crippen MR) is 92.2 cm³/mol. The SMILES string of the molecule is COC(=O)CC(NC(=O)C(CC(C)C)NC(=O)OC(C)(C)C)C(=O)CF. The summed E-state index contributed by atoms with van der Waals surface area (Å²) in [5.74, 6) is -2.39. The maximum absolute atomic E-state index is 12.7. The number of hydrogen-bond donors (Lipinski definition) is 2. The van der Waals surface area contributed by atoms with Gasteiger partial charge < -0.3 is 20.1 Å². The quantitative estimate of drug-likeness (QED) is 0.590. The monoisotopic (exact) mass is 376 g/mol. The minimum absolute atomic E-state index is 0.0385. The average Bonchev–Trinajstić information content (AvgIpc) is 2.50. The molecule has 0 bridgehead atoms. The first-order chi connectivity index (χ1) is 11.9. The molecule has 150 valence electrons. The summed E-state index contributed by atoms with van der Waals surface area (Å²) in [6.07, 6.45) is -1.02. The Hall–Kier alpha value is -2.19. The number of halogens is 1. The summed E-state index contributed by atoms with van der Waals surface area (Å²) in [6, 6.07) is -2.37. The Bertz CT molecular complexity index is 516. The zero-order valence-electron chi connectivity index (χ0n) is 16.2. The van der Waals surface area contributed by atoms with Crippen molar-refractivity contribution in [2.75, 3.05) is 13.8 Å². The fourth-order valence-electron chi connectivity index (χ4n) is 2.01. The van der Waals surface area contributed by atoms with Crippen LogP contribution in [0.25, 0.3) is 0 Å².